The van der Waals surface area contributed by atoms with E-state index in [2.05, 4.69) is 37.9 Å². The molecule has 2 nitrogen and oxygen atoms in total. The molecule has 3 heteroatoms. The number of fused-ring (bicyclic) bond motifs is 1. The van der Waals surface area contributed by atoms with Crippen LogP contribution in [0, 0.1) is 0 Å². The number of imidazole rings is 1. The van der Waals surface area contributed by atoms with Gasteiger partial charge >= 0.3 is 0 Å². The standard InChI is InChI=1S/C7H5IN2/c8-6-2-1-4-10-5-3-9-7(6)10/h1,3,5H,4H2. The van der Waals surface area contributed by atoms with Crippen molar-refractivity contribution in [1.82, 2.24) is 9.55 Å². The third kappa shape index (κ3) is 0.822. The second-order valence-electron chi connectivity index (χ2n) is 2.07. The van der Waals surface area contributed by atoms with Crippen molar-refractivity contribution >= 4 is 26.2 Å². The molecule has 1 aliphatic heterocycles. The summed E-state index contributed by atoms with van der Waals surface area (Å²) in [5.74, 6) is 1.03. The topological polar surface area (TPSA) is 17.8 Å². The minimum absolute atomic E-state index is 0.905. The molecule has 0 amide bonds. The van der Waals surface area contributed by atoms with Crippen LogP contribution < -0.4 is 0 Å². The van der Waals surface area contributed by atoms with E-state index in [0.29, 0.717) is 0 Å². The summed E-state index contributed by atoms with van der Waals surface area (Å²) in [4.78, 5) is 4.17. The first kappa shape index (κ1) is 6.19. The number of nitrogens with zero attached hydrogens (tertiary/aromatic N) is 2. The Labute approximate surface area is 72.4 Å². The Bertz CT molecular complexity index is 318. The van der Waals surface area contributed by atoms with E-state index in [1.54, 1.807) is 0 Å². The molecule has 2 heterocycles. The monoisotopic (exact) mass is 244 g/mol. The van der Waals surface area contributed by atoms with E-state index in [1.807, 2.05) is 18.5 Å². The van der Waals surface area contributed by atoms with E-state index in [4.69, 9.17) is 0 Å². The van der Waals surface area contributed by atoms with Crippen molar-refractivity contribution in [2.75, 3.05) is 0 Å². The van der Waals surface area contributed by atoms with Gasteiger partial charge in [0.2, 0.25) is 0 Å². The minimum atomic E-state index is 0.905. The predicted molar refractivity (Wildman–Crippen MR) is 47.7 cm³/mol. The van der Waals surface area contributed by atoms with Gasteiger partial charge in [-0.05, 0) is 28.7 Å². The molecule has 1 aromatic rings. The molecular weight excluding hydrogens is 239 g/mol. The van der Waals surface area contributed by atoms with Crippen LogP contribution >= 0.6 is 22.6 Å². The summed E-state index contributed by atoms with van der Waals surface area (Å²) in [7, 11) is 0. The molecule has 0 saturated carbocycles. The lowest BCUT2D eigenvalue weighted by molar-refractivity contribution is 0.802. The summed E-state index contributed by atoms with van der Waals surface area (Å²) in [5.41, 5.74) is 3.12. The fraction of sp³-hybridized carbons (Fsp3) is 0.143. The molecule has 0 bridgehead atoms. The summed E-state index contributed by atoms with van der Waals surface area (Å²) in [5, 5.41) is 0. The Morgan fingerprint density at radius 1 is 1.70 bits per heavy atom. The molecule has 0 spiro atoms. The average Bonchev–Trinajstić information content (AvgIpc) is 2.36. The zero-order chi connectivity index (χ0) is 6.97. The molecular formula is C7H5IN2. The molecule has 0 fully saturated rings. The van der Waals surface area contributed by atoms with E-state index < -0.39 is 0 Å². The molecule has 0 atom stereocenters. The van der Waals surface area contributed by atoms with Crippen LogP contribution in [0.15, 0.2) is 24.2 Å². The van der Waals surface area contributed by atoms with Crippen LogP contribution in [-0.4, -0.2) is 9.55 Å². The largest absolute Gasteiger partial charge is 0.326 e. The van der Waals surface area contributed by atoms with Gasteiger partial charge in [0.25, 0.3) is 0 Å². The van der Waals surface area contributed by atoms with Crippen molar-refractivity contribution in [3.8, 4) is 0 Å². The van der Waals surface area contributed by atoms with Crippen LogP contribution in [-0.2, 0) is 6.54 Å². The van der Waals surface area contributed by atoms with Crippen LogP contribution in [0.4, 0.5) is 0 Å². The Hall–Kier alpha value is -0.540. The van der Waals surface area contributed by atoms with Crippen LogP contribution in [0.2, 0.25) is 0 Å². The first-order valence-corrected chi connectivity index (χ1v) is 4.08. The van der Waals surface area contributed by atoms with E-state index in [1.165, 1.54) is 0 Å². The molecule has 2 rings (SSSR count). The summed E-state index contributed by atoms with van der Waals surface area (Å²) < 4.78 is 3.19. The lowest BCUT2D eigenvalue weighted by atomic mass is 10.4. The molecule has 50 valence electrons. The normalized spacial score (nSPS) is 14.7. The van der Waals surface area contributed by atoms with Gasteiger partial charge < -0.3 is 4.57 Å². The molecule has 1 aromatic heterocycles. The molecule has 0 unspecified atom stereocenters. The summed E-state index contributed by atoms with van der Waals surface area (Å²) >= 11 is 2.24. The zero-order valence-corrected chi connectivity index (χ0v) is 7.37. The van der Waals surface area contributed by atoms with Crippen molar-refractivity contribution in [1.29, 1.82) is 0 Å². The number of halogens is 1. The van der Waals surface area contributed by atoms with Gasteiger partial charge in [0.05, 0.1) is 3.58 Å². The third-order valence-electron chi connectivity index (χ3n) is 1.43. The van der Waals surface area contributed by atoms with Crippen molar-refractivity contribution in [3.63, 3.8) is 0 Å². The van der Waals surface area contributed by atoms with Crippen molar-refractivity contribution < 1.29 is 0 Å². The van der Waals surface area contributed by atoms with Gasteiger partial charge in [0.1, 0.15) is 0 Å². The van der Waals surface area contributed by atoms with Crippen LogP contribution in [0.5, 0.6) is 0 Å². The molecule has 0 saturated heterocycles. The second kappa shape index (κ2) is 2.25. The fourth-order valence-corrected chi connectivity index (χ4v) is 1.63. The van der Waals surface area contributed by atoms with E-state index in [-0.39, 0.29) is 0 Å². The Kier molecular flexibility index (Phi) is 1.39. The van der Waals surface area contributed by atoms with Crippen molar-refractivity contribution in [3.05, 3.63) is 30.0 Å². The molecule has 0 radical (unpaired) electrons. The Morgan fingerprint density at radius 3 is 3.40 bits per heavy atom. The van der Waals surface area contributed by atoms with Crippen LogP contribution in [0.25, 0.3) is 3.58 Å². The Morgan fingerprint density at radius 2 is 2.60 bits per heavy atom. The molecule has 0 aliphatic carbocycles. The lowest BCUT2D eigenvalue weighted by Gasteiger charge is -2.04. The molecule has 10 heavy (non-hydrogen) atoms. The van der Waals surface area contributed by atoms with Gasteiger partial charge in [-0.3, -0.25) is 0 Å². The highest BCUT2D eigenvalue weighted by molar-refractivity contribution is 14.1. The van der Waals surface area contributed by atoms with E-state index in [9.17, 15) is 0 Å². The Balaban J connectivity index is 2.67. The SMILES string of the molecule is IC1=C=CCn2ccnc21. The smallest absolute Gasteiger partial charge is 0.154 e. The zero-order valence-electron chi connectivity index (χ0n) is 5.21. The molecule has 0 N–H and O–H groups in total. The number of rotatable bonds is 0. The summed E-state index contributed by atoms with van der Waals surface area (Å²) in [6, 6.07) is 0. The van der Waals surface area contributed by atoms with Crippen molar-refractivity contribution in [2.45, 2.75) is 6.54 Å². The number of hydrogen-bond donors (Lipinski definition) is 0. The van der Waals surface area contributed by atoms with Gasteiger partial charge in [-0.15, -0.1) is 5.73 Å². The van der Waals surface area contributed by atoms with Gasteiger partial charge in [0, 0.05) is 18.9 Å². The molecule has 1 aliphatic rings. The summed E-state index contributed by atoms with van der Waals surface area (Å²) in [6.07, 6.45) is 5.80. The highest BCUT2D eigenvalue weighted by Gasteiger charge is 2.06. The first-order chi connectivity index (χ1) is 4.88. The van der Waals surface area contributed by atoms with Gasteiger partial charge in [-0.1, -0.05) is 0 Å². The van der Waals surface area contributed by atoms with Crippen LogP contribution in [0.1, 0.15) is 5.82 Å². The highest BCUT2D eigenvalue weighted by Crippen LogP contribution is 2.20. The maximum absolute atomic E-state index is 4.17. The maximum Gasteiger partial charge on any atom is 0.154 e. The summed E-state index contributed by atoms with van der Waals surface area (Å²) in [6.45, 7) is 0.905. The minimum Gasteiger partial charge on any atom is -0.326 e. The van der Waals surface area contributed by atoms with Gasteiger partial charge in [-0.25, -0.2) is 4.98 Å². The van der Waals surface area contributed by atoms with Gasteiger partial charge in [0.15, 0.2) is 5.82 Å². The molecule has 0 aromatic carbocycles. The fourth-order valence-electron chi connectivity index (χ4n) is 0.957. The first-order valence-electron chi connectivity index (χ1n) is 3.00. The number of hydrogen-bond acceptors (Lipinski definition) is 1. The average molecular weight is 244 g/mol. The second-order valence-corrected chi connectivity index (χ2v) is 3.14. The quantitative estimate of drug-likeness (QED) is 0.502. The van der Waals surface area contributed by atoms with Crippen molar-refractivity contribution in [2.24, 2.45) is 0 Å². The highest BCUT2D eigenvalue weighted by atomic mass is 127. The number of aromatic nitrogens is 2. The lowest BCUT2D eigenvalue weighted by Crippen LogP contribution is -2.00. The van der Waals surface area contributed by atoms with E-state index in [0.717, 1.165) is 15.9 Å². The number of allylic oxidation sites excluding steroid dienone is 1. The van der Waals surface area contributed by atoms with E-state index >= 15 is 0 Å². The van der Waals surface area contributed by atoms with Crippen LogP contribution in [0.3, 0.4) is 0 Å². The predicted octanol–water partition coefficient (Wildman–Crippen LogP) is 1.83. The third-order valence-corrected chi connectivity index (χ3v) is 2.22. The maximum atomic E-state index is 4.17. The van der Waals surface area contributed by atoms with Gasteiger partial charge in [-0.2, -0.15) is 0 Å².